The van der Waals surface area contributed by atoms with Crippen LogP contribution in [0.1, 0.15) is 0 Å². The zero-order chi connectivity index (χ0) is 36.0. The summed E-state index contributed by atoms with van der Waals surface area (Å²) in [5.41, 5.74) is 6.40. The molecule has 0 aliphatic carbocycles. The van der Waals surface area contributed by atoms with Gasteiger partial charge in [0.15, 0.2) is 23.1 Å². The van der Waals surface area contributed by atoms with Gasteiger partial charge in [-0.2, -0.15) is 0 Å². The second-order valence-corrected chi connectivity index (χ2v) is 14.9. The van der Waals surface area contributed by atoms with Gasteiger partial charge in [0.05, 0.1) is 10.9 Å². The molecule has 7 heteroatoms. The second kappa shape index (κ2) is 11.6. The molecular formula is C48H26N4O2S. The van der Waals surface area contributed by atoms with Gasteiger partial charge in [-0.25, -0.2) is 19.9 Å². The molecule has 4 aromatic heterocycles. The molecule has 0 radical (unpaired) electrons. The Balaban J connectivity index is 1.17. The van der Waals surface area contributed by atoms with Gasteiger partial charge in [0.25, 0.3) is 0 Å². The molecule has 0 bridgehead atoms. The molecule has 0 spiro atoms. The monoisotopic (exact) mass is 722 g/mol. The van der Waals surface area contributed by atoms with Gasteiger partial charge in [-0.1, -0.05) is 109 Å². The van der Waals surface area contributed by atoms with E-state index in [0.29, 0.717) is 40.1 Å². The molecule has 0 fully saturated rings. The second-order valence-electron chi connectivity index (χ2n) is 13.8. The number of furan rings is 1. The molecule has 0 aliphatic rings. The Morgan fingerprint density at radius 1 is 0.400 bits per heavy atom. The molecule has 0 aliphatic heterocycles. The van der Waals surface area contributed by atoms with Gasteiger partial charge in [0.1, 0.15) is 16.7 Å². The number of thiophene rings is 1. The third-order valence-electron chi connectivity index (χ3n) is 10.5. The maximum absolute atomic E-state index is 6.85. The molecule has 4 heterocycles. The average Bonchev–Trinajstić information content (AvgIpc) is 3.97. The lowest BCUT2D eigenvalue weighted by molar-refractivity contribution is 0.619. The van der Waals surface area contributed by atoms with Gasteiger partial charge in [0.2, 0.25) is 5.89 Å². The number of nitrogens with zero attached hydrogens (tertiary/aromatic N) is 4. The summed E-state index contributed by atoms with van der Waals surface area (Å²) in [6, 6.07) is 54.0. The summed E-state index contributed by atoms with van der Waals surface area (Å²) in [6.07, 6.45) is 0. The van der Waals surface area contributed by atoms with Crippen LogP contribution in [0.5, 0.6) is 0 Å². The molecule has 0 atom stereocenters. The van der Waals surface area contributed by atoms with Crippen LogP contribution < -0.4 is 0 Å². The summed E-state index contributed by atoms with van der Waals surface area (Å²) in [5, 5.41) is 8.53. The van der Waals surface area contributed by atoms with Crippen molar-refractivity contribution in [1.82, 2.24) is 19.9 Å². The first-order valence-corrected chi connectivity index (χ1v) is 18.9. The summed E-state index contributed by atoms with van der Waals surface area (Å²) < 4.78 is 15.6. The van der Waals surface area contributed by atoms with Crippen LogP contribution in [-0.2, 0) is 0 Å². The average molecular weight is 723 g/mol. The maximum Gasteiger partial charge on any atom is 0.227 e. The highest BCUT2D eigenvalue weighted by Gasteiger charge is 2.24. The van der Waals surface area contributed by atoms with Crippen molar-refractivity contribution in [3.63, 3.8) is 0 Å². The number of benzene rings is 8. The van der Waals surface area contributed by atoms with E-state index in [1.54, 1.807) is 11.3 Å². The minimum Gasteiger partial charge on any atom is -0.455 e. The van der Waals surface area contributed by atoms with Crippen molar-refractivity contribution in [1.29, 1.82) is 0 Å². The first-order chi connectivity index (χ1) is 27.2. The van der Waals surface area contributed by atoms with Crippen molar-refractivity contribution in [3.05, 3.63) is 158 Å². The number of hydrogen-bond donors (Lipinski definition) is 0. The van der Waals surface area contributed by atoms with E-state index in [2.05, 4.69) is 115 Å². The molecule has 0 unspecified atom stereocenters. The molecule has 0 N–H and O–H groups in total. The molecule has 12 rings (SSSR count). The third-order valence-corrected chi connectivity index (χ3v) is 11.7. The van der Waals surface area contributed by atoms with Crippen molar-refractivity contribution in [3.8, 4) is 45.6 Å². The summed E-state index contributed by atoms with van der Waals surface area (Å²) in [6.45, 7) is 0. The fourth-order valence-corrected chi connectivity index (χ4v) is 9.13. The first kappa shape index (κ1) is 30.3. The Morgan fingerprint density at radius 3 is 2.00 bits per heavy atom. The topological polar surface area (TPSA) is 77.8 Å². The highest BCUT2D eigenvalue weighted by molar-refractivity contribution is 7.25. The van der Waals surface area contributed by atoms with E-state index in [1.807, 2.05) is 42.5 Å². The fourth-order valence-electron chi connectivity index (χ4n) is 8.00. The Bertz CT molecular complexity index is 3510. The summed E-state index contributed by atoms with van der Waals surface area (Å²) in [4.78, 5) is 20.9. The van der Waals surface area contributed by atoms with Crippen LogP contribution in [0, 0.1) is 0 Å². The zero-order valence-corrected chi connectivity index (χ0v) is 29.8. The molecule has 55 heavy (non-hydrogen) atoms. The summed E-state index contributed by atoms with van der Waals surface area (Å²) >= 11 is 1.78. The fraction of sp³-hybridized carbons (Fsp3) is 0. The van der Waals surface area contributed by atoms with Gasteiger partial charge >= 0.3 is 0 Å². The quantitative estimate of drug-likeness (QED) is 0.180. The van der Waals surface area contributed by atoms with Crippen LogP contribution >= 0.6 is 11.3 Å². The highest BCUT2D eigenvalue weighted by atomic mass is 32.1. The summed E-state index contributed by atoms with van der Waals surface area (Å²) in [5.74, 6) is 2.29. The van der Waals surface area contributed by atoms with Crippen molar-refractivity contribution >= 4 is 86.1 Å². The Labute approximate surface area is 317 Å². The maximum atomic E-state index is 6.85. The highest BCUT2D eigenvalue weighted by Crippen LogP contribution is 2.45. The predicted molar refractivity (Wildman–Crippen MR) is 224 cm³/mol. The van der Waals surface area contributed by atoms with Crippen LogP contribution in [0.4, 0.5) is 0 Å². The van der Waals surface area contributed by atoms with E-state index in [-0.39, 0.29) is 0 Å². The number of aromatic nitrogens is 4. The van der Waals surface area contributed by atoms with Crippen LogP contribution in [0.2, 0.25) is 0 Å². The van der Waals surface area contributed by atoms with Crippen LogP contribution in [0.15, 0.2) is 167 Å². The van der Waals surface area contributed by atoms with E-state index >= 15 is 0 Å². The Hall–Kier alpha value is -7.22. The normalized spacial score (nSPS) is 12.0. The van der Waals surface area contributed by atoms with Crippen LogP contribution in [-0.4, -0.2) is 19.9 Å². The number of rotatable bonds is 4. The first-order valence-electron chi connectivity index (χ1n) is 18.1. The van der Waals surface area contributed by atoms with Gasteiger partial charge in [-0.15, -0.1) is 11.3 Å². The van der Waals surface area contributed by atoms with Crippen LogP contribution in [0.3, 0.4) is 0 Å². The lowest BCUT2D eigenvalue weighted by atomic mass is 9.99. The lowest BCUT2D eigenvalue weighted by Gasteiger charge is -2.11. The molecule has 0 amide bonds. The van der Waals surface area contributed by atoms with E-state index in [1.165, 1.54) is 14.8 Å². The van der Waals surface area contributed by atoms with Gasteiger partial charge in [-0.3, -0.25) is 0 Å². The zero-order valence-electron chi connectivity index (χ0n) is 29.0. The van der Waals surface area contributed by atoms with Gasteiger partial charge in [0, 0.05) is 42.2 Å². The minimum absolute atomic E-state index is 0.529. The number of hydrogen-bond acceptors (Lipinski definition) is 7. The predicted octanol–water partition coefficient (Wildman–Crippen LogP) is 13.3. The third kappa shape index (κ3) is 4.67. The van der Waals surface area contributed by atoms with Crippen molar-refractivity contribution < 1.29 is 8.83 Å². The van der Waals surface area contributed by atoms with Crippen molar-refractivity contribution in [2.45, 2.75) is 0 Å². The SMILES string of the molecule is c1ccc(-c2nc3c(ccc4oc5c(-c6nc(-c7ccc8ccccc8c7)nc(-c7cccc8sc9ccccc9c78)n6)cc6ccccc6c5c43)o2)cc1. The Morgan fingerprint density at radius 2 is 1.11 bits per heavy atom. The summed E-state index contributed by atoms with van der Waals surface area (Å²) in [7, 11) is 0. The molecule has 0 saturated heterocycles. The van der Waals surface area contributed by atoms with Crippen molar-refractivity contribution in [2.24, 2.45) is 0 Å². The molecule has 6 nitrogen and oxygen atoms in total. The van der Waals surface area contributed by atoms with E-state index < -0.39 is 0 Å². The van der Waals surface area contributed by atoms with E-state index in [4.69, 9.17) is 28.8 Å². The Kier molecular flexibility index (Phi) is 6.40. The molecule has 0 saturated carbocycles. The molecular weight excluding hydrogens is 697 g/mol. The van der Waals surface area contributed by atoms with E-state index in [0.717, 1.165) is 65.5 Å². The standard InChI is InChI=1S/C48H26N4O2S/c1-2-12-28(13-3-1)48-49-43-37(54-48)24-23-36-42(43)41-32-16-7-6-15-30(32)26-35(44(41)53-36)47-51-45(31-22-21-27-11-4-5-14-29(27)25-31)50-46(52-47)34-18-10-20-39-40(34)33-17-8-9-19-38(33)55-39/h1-26H. The largest absolute Gasteiger partial charge is 0.455 e. The van der Waals surface area contributed by atoms with Gasteiger partial charge in [-0.05, 0) is 70.1 Å². The van der Waals surface area contributed by atoms with Crippen LogP contribution in [0.25, 0.3) is 120 Å². The number of fused-ring (bicyclic) bond motifs is 11. The lowest BCUT2D eigenvalue weighted by Crippen LogP contribution is -2.01. The number of oxazole rings is 1. The van der Waals surface area contributed by atoms with Gasteiger partial charge < -0.3 is 8.83 Å². The molecule has 12 aromatic rings. The smallest absolute Gasteiger partial charge is 0.227 e. The minimum atomic E-state index is 0.529. The molecule has 256 valence electrons. The molecule has 8 aromatic carbocycles. The van der Waals surface area contributed by atoms with E-state index in [9.17, 15) is 0 Å². The van der Waals surface area contributed by atoms with Crippen molar-refractivity contribution in [2.75, 3.05) is 0 Å².